The average molecular weight is 171 g/mol. The number of hydrogen-bond acceptors (Lipinski definition) is 1. The topological polar surface area (TPSA) is 26.0 Å². The molecule has 0 amide bonds. The molecule has 0 radical (unpaired) electrons. The van der Waals surface area contributed by atoms with E-state index in [1.54, 1.807) is 0 Å². The molecule has 1 heterocycles. The molecule has 1 aliphatic rings. The Hall–Kier alpha value is 0.177. The maximum atomic E-state index is 6.01. The minimum Gasteiger partial charge on any atom is -0.328 e. The summed E-state index contributed by atoms with van der Waals surface area (Å²) in [5.74, 6) is 0. The molecule has 1 rings (SSSR count). The van der Waals surface area contributed by atoms with Crippen molar-refractivity contribution < 1.29 is 0 Å². The van der Waals surface area contributed by atoms with Gasteiger partial charge in [0.1, 0.15) is 0 Å². The summed E-state index contributed by atoms with van der Waals surface area (Å²) in [6.07, 6.45) is 5.53. The van der Waals surface area contributed by atoms with Crippen molar-refractivity contribution in [3.63, 3.8) is 0 Å². The van der Waals surface area contributed by atoms with Gasteiger partial charge in [0.2, 0.25) is 0 Å². The molecule has 0 aromatic heterocycles. The zero-order chi connectivity index (χ0) is 8.32. The standard InChI is InChI=1S/C9H21NSi/c1-11(2)7-5-3-4-6-9(10)8-11/h9H,3-8,10H2,1-2H3. The van der Waals surface area contributed by atoms with Crippen molar-refractivity contribution >= 4 is 8.07 Å². The maximum absolute atomic E-state index is 6.01. The quantitative estimate of drug-likeness (QED) is 0.557. The van der Waals surface area contributed by atoms with Crippen LogP contribution in [-0.4, -0.2) is 14.1 Å². The van der Waals surface area contributed by atoms with E-state index in [4.69, 9.17) is 5.73 Å². The van der Waals surface area contributed by atoms with Crippen molar-refractivity contribution in [2.75, 3.05) is 0 Å². The van der Waals surface area contributed by atoms with Gasteiger partial charge in [0.15, 0.2) is 0 Å². The van der Waals surface area contributed by atoms with Gasteiger partial charge in [-0.05, 0) is 12.5 Å². The van der Waals surface area contributed by atoms with E-state index >= 15 is 0 Å². The number of hydrogen-bond donors (Lipinski definition) is 1. The largest absolute Gasteiger partial charge is 0.328 e. The molecule has 0 aromatic carbocycles. The van der Waals surface area contributed by atoms with Gasteiger partial charge in [0, 0.05) is 14.1 Å². The van der Waals surface area contributed by atoms with Crippen LogP contribution >= 0.6 is 0 Å². The molecule has 1 atom stereocenters. The summed E-state index contributed by atoms with van der Waals surface area (Å²) >= 11 is 0. The van der Waals surface area contributed by atoms with Crippen LogP contribution in [0.15, 0.2) is 0 Å². The molecule has 0 aliphatic carbocycles. The fourth-order valence-electron chi connectivity index (χ4n) is 2.10. The Balaban J connectivity index is 2.42. The van der Waals surface area contributed by atoms with E-state index in [1.165, 1.54) is 37.8 Å². The molecule has 1 unspecified atom stereocenters. The molecule has 1 aliphatic heterocycles. The summed E-state index contributed by atoms with van der Waals surface area (Å²) in [6, 6.07) is 3.38. The molecule has 0 bridgehead atoms. The smallest absolute Gasteiger partial charge is 0.0488 e. The second-order valence-electron chi connectivity index (χ2n) is 4.73. The van der Waals surface area contributed by atoms with E-state index in [9.17, 15) is 0 Å². The van der Waals surface area contributed by atoms with Crippen LogP contribution in [0.1, 0.15) is 25.7 Å². The van der Waals surface area contributed by atoms with E-state index in [1.807, 2.05) is 0 Å². The predicted octanol–water partition coefficient (Wildman–Crippen LogP) is 2.60. The van der Waals surface area contributed by atoms with E-state index in [-0.39, 0.29) is 0 Å². The van der Waals surface area contributed by atoms with Gasteiger partial charge in [0.05, 0.1) is 0 Å². The minimum atomic E-state index is -0.861. The first-order valence-corrected chi connectivity index (χ1v) is 8.27. The zero-order valence-corrected chi connectivity index (χ0v) is 8.90. The molecule has 1 nitrogen and oxygen atoms in total. The van der Waals surface area contributed by atoms with Gasteiger partial charge in [-0.3, -0.25) is 0 Å². The molecule has 66 valence electrons. The normalized spacial score (nSPS) is 32.5. The Labute approximate surface area is 71.4 Å². The summed E-state index contributed by atoms with van der Waals surface area (Å²) < 4.78 is 0. The summed E-state index contributed by atoms with van der Waals surface area (Å²) in [7, 11) is -0.861. The van der Waals surface area contributed by atoms with Crippen LogP contribution in [0.3, 0.4) is 0 Å². The Bertz CT molecular complexity index is 123. The van der Waals surface area contributed by atoms with E-state index < -0.39 is 8.07 Å². The van der Waals surface area contributed by atoms with Gasteiger partial charge in [0.25, 0.3) is 0 Å². The first-order valence-electron chi connectivity index (χ1n) is 4.86. The third-order valence-corrected chi connectivity index (χ3v) is 6.08. The minimum absolute atomic E-state index is 0.525. The Morgan fingerprint density at radius 3 is 2.64 bits per heavy atom. The van der Waals surface area contributed by atoms with Crippen LogP contribution in [0.25, 0.3) is 0 Å². The lowest BCUT2D eigenvalue weighted by molar-refractivity contribution is 0.568. The molecule has 1 fully saturated rings. The SMILES string of the molecule is C[Si]1(C)CCCCCC(N)C1. The Morgan fingerprint density at radius 1 is 1.18 bits per heavy atom. The average Bonchev–Trinajstić information content (AvgIpc) is 1.82. The summed E-state index contributed by atoms with van der Waals surface area (Å²) in [5, 5.41) is 0. The highest BCUT2D eigenvalue weighted by atomic mass is 28.3. The molecular formula is C9H21NSi. The third kappa shape index (κ3) is 3.39. The summed E-state index contributed by atoms with van der Waals surface area (Å²) in [4.78, 5) is 0. The second kappa shape index (κ2) is 3.72. The summed E-state index contributed by atoms with van der Waals surface area (Å²) in [6.45, 7) is 4.97. The van der Waals surface area contributed by atoms with Crippen LogP contribution in [-0.2, 0) is 0 Å². The summed E-state index contributed by atoms with van der Waals surface area (Å²) in [5.41, 5.74) is 6.01. The highest BCUT2D eigenvalue weighted by Crippen LogP contribution is 2.25. The molecule has 0 spiro atoms. The highest BCUT2D eigenvalue weighted by molar-refractivity contribution is 6.77. The number of nitrogens with two attached hydrogens (primary N) is 1. The number of rotatable bonds is 0. The highest BCUT2D eigenvalue weighted by Gasteiger charge is 2.24. The van der Waals surface area contributed by atoms with Crippen molar-refractivity contribution in [2.24, 2.45) is 5.73 Å². The molecule has 2 heteroatoms. The lowest BCUT2D eigenvalue weighted by atomic mass is 10.1. The van der Waals surface area contributed by atoms with Gasteiger partial charge in [-0.25, -0.2) is 0 Å². The lowest BCUT2D eigenvalue weighted by Gasteiger charge is -2.28. The maximum Gasteiger partial charge on any atom is 0.0488 e. The van der Waals surface area contributed by atoms with Crippen LogP contribution in [0.2, 0.25) is 25.2 Å². The predicted molar refractivity (Wildman–Crippen MR) is 53.5 cm³/mol. The molecular weight excluding hydrogens is 150 g/mol. The second-order valence-corrected chi connectivity index (χ2v) is 9.96. The molecule has 0 saturated carbocycles. The van der Waals surface area contributed by atoms with Crippen LogP contribution in [0.5, 0.6) is 0 Å². The monoisotopic (exact) mass is 171 g/mol. The van der Waals surface area contributed by atoms with E-state index in [0.29, 0.717) is 6.04 Å². The fourth-order valence-corrected chi connectivity index (χ4v) is 5.14. The Morgan fingerprint density at radius 2 is 1.91 bits per heavy atom. The molecule has 0 aromatic rings. The Kier molecular flexibility index (Phi) is 3.13. The van der Waals surface area contributed by atoms with Crippen molar-refractivity contribution in [1.82, 2.24) is 0 Å². The van der Waals surface area contributed by atoms with E-state index in [2.05, 4.69) is 13.1 Å². The van der Waals surface area contributed by atoms with Crippen LogP contribution in [0, 0.1) is 0 Å². The third-order valence-electron chi connectivity index (χ3n) is 2.74. The van der Waals surface area contributed by atoms with Gasteiger partial charge < -0.3 is 5.73 Å². The first-order chi connectivity index (χ1) is 5.10. The molecule has 11 heavy (non-hydrogen) atoms. The van der Waals surface area contributed by atoms with Gasteiger partial charge >= 0.3 is 0 Å². The van der Waals surface area contributed by atoms with Crippen LogP contribution < -0.4 is 5.73 Å². The van der Waals surface area contributed by atoms with Gasteiger partial charge in [-0.15, -0.1) is 0 Å². The van der Waals surface area contributed by atoms with Gasteiger partial charge in [-0.2, -0.15) is 0 Å². The van der Waals surface area contributed by atoms with Crippen molar-refractivity contribution in [3.8, 4) is 0 Å². The van der Waals surface area contributed by atoms with Crippen molar-refractivity contribution in [3.05, 3.63) is 0 Å². The van der Waals surface area contributed by atoms with E-state index in [0.717, 1.165) is 0 Å². The molecule has 1 saturated heterocycles. The van der Waals surface area contributed by atoms with Crippen molar-refractivity contribution in [1.29, 1.82) is 0 Å². The zero-order valence-electron chi connectivity index (χ0n) is 7.90. The van der Waals surface area contributed by atoms with Gasteiger partial charge in [-0.1, -0.05) is 38.4 Å². The van der Waals surface area contributed by atoms with Crippen LogP contribution in [0.4, 0.5) is 0 Å². The van der Waals surface area contributed by atoms with Crippen molar-refractivity contribution in [2.45, 2.75) is 56.9 Å². The fraction of sp³-hybridized carbons (Fsp3) is 1.00. The lowest BCUT2D eigenvalue weighted by Crippen LogP contribution is -2.36. The first kappa shape index (κ1) is 9.27. The molecule has 2 N–H and O–H groups in total.